The van der Waals surface area contributed by atoms with Gasteiger partial charge < -0.3 is 16.4 Å². The van der Waals surface area contributed by atoms with E-state index < -0.39 is 6.04 Å². The first-order chi connectivity index (χ1) is 17.0. The highest BCUT2D eigenvalue weighted by Gasteiger charge is 2.22. The van der Waals surface area contributed by atoms with Crippen LogP contribution in [0.1, 0.15) is 16.8 Å². The Hall–Kier alpha value is -3.69. The molecule has 2 aromatic heterocycles. The largest absolute Gasteiger partial charge is 0.399 e. The number of benzene rings is 2. The molecule has 0 radical (unpaired) electrons. The van der Waals surface area contributed by atoms with Crippen LogP contribution in [-0.2, 0) is 4.79 Å². The number of nitrogens with zero attached hydrogens (tertiary/aromatic N) is 2. The number of thioether (sulfide) groups is 1. The maximum atomic E-state index is 13.0. The number of hydrogen-bond acceptors (Lipinski definition) is 7. The van der Waals surface area contributed by atoms with E-state index in [0.29, 0.717) is 22.8 Å². The molecular formula is C26H25N5O2S2. The first-order valence-corrected chi connectivity index (χ1v) is 13.2. The fourth-order valence-corrected chi connectivity index (χ4v) is 4.63. The van der Waals surface area contributed by atoms with Crippen LogP contribution >= 0.6 is 23.1 Å². The van der Waals surface area contributed by atoms with E-state index in [9.17, 15) is 9.59 Å². The summed E-state index contributed by atoms with van der Waals surface area (Å²) in [5.74, 6) is 0.110. The number of pyridine rings is 1. The SMILES string of the molecule is CSCC[C@@H](NC(=O)c1ccc(N)cc1)C(=O)Nc1nc(-c2cccc(-c3ccncc3)c2)cs1. The molecule has 0 aliphatic carbocycles. The van der Waals surface area contributed by atoms with E-state index in [1.165, 1.54) is 11.3 Å². The summed E-state index contributed by atoms with van der Waals surface area (Å²) in [5, 5.41) is 8.10. The molecule has 4 rings (SSSR count). The zero-order valence-electron chi connectivity index (χ0n) is 19.1. The van der Waals surface area contributed by atoms with E-state index in [1.807, 2.05) is 42.0 Å². The van der Waals surface area contributed by atoms with Crippen LogP contribution in [-0.4, -0.2) is 39.8 Å². The molecule has 0 unspecified atom stereocenters. The Kier molecular flexibility index (Phi) is 8.12. The third-order valence-electron chi connectivity index (χ3n) is 5.31. The van der Waals surface area contributed by atoms with Crippen LogP contribution in [0.4, 0.5) is 10.8 Å². The van der Waals surface area contributed by atoms with Gasteiger partial charge in [-0.05, 0) is 72.0 Å². The molecule has 2 amide bonds. The number of carbonyl (C=O) groups excluding carboxylic acids is 2. The van der Waals surface area contributed by atoms with E-state index >= 15 is 0 Å². The molecule has 4 aromatic rings. The van der Waals surface area contributed by atoms with Crippen LogP contribution < -0.4 is 16.4 Å². The third-order valence-corrected chi connectivity index (χ3v) is 6.71. The average molecular weight is 504 g/mol. The molecule has 178 valence electrons. The van der Waals surface area contributed by atoms with E-state index in [0.717, 1.165) is 28.1 Å². The Morgan fingerprint density at radius 1 is 1.03 bits per heavy atom. The lowest BCUT2D eigenvalue weighted by molar-refractivity contribution is -0.118. The van der Waals surface area contributed by atoms with Crippen molar-refractivity contribution in [1.82, 2.24) is 15.3 Å². The third kappa shape index (κ3) is 6.46. The van der Waals surface area contributed by atoms with Gasteiger partial charge in [0.2, 0.25) is 5.91 Å². The van der Waals surface area contributed by atoms with E-state index in [4.69, 9.17) is 5.73 Å². The van der Waals surface area contributed by atoms with Gasteiger partial charge in [-0.2, -0.15) is 11.8 Å². The first-order valence-electron chi connectivity index (χ1n) is 11.0. The molecule has 0 spiro atoms. The summed E-state index contributed by atoms with van der Waals surface area (Å²) in [5.41, 5.74) is 10.6. The number of carbonyl (C=O) groups is 2. The van der Waals surface area contributed by atoms with Gasteiger partial charge in [-0.3, -0.25) is 14.6 Å². The van der Waals surface area contributed by atoms with E-state index in [2.05, 4.69) is 26.7 Å². The minimum Gasteiger partial charge on any atom is -0.399 e. The topological polar surface area (TPSA) is 110 Å². The number of hydrogen-bond donors (Lipinski definition) is 3. The minimum absolute atomic E-state index is 0.297. The summed E-state index contributed by atoms with van der Waals surface area (Å²) in [6.45, 7) is 0. The molecule has 0 saturated carbocycles. The van der Waals surface area contributed by atoms with E-state index in [1.54, 1.807) is 48.4 Å². The smallest absolute Gasteiger partial charge is 0.251 e. The second-order valence-corrected chi connectivity index (χ2v) is 9.62. The molecule has 0 saturated heterocycles. The Balaban J connectivity index is 1.46. The van der Waals surface area contributed by atoms with Gasteiger partial charge in [-0.1, -0.05) is 18.2 Å². The Bertz CT molecular complexity index is 1290. The van der Waals surface area contributed by atoms with Gasteiger partial charge in [0.1, 0.15) is 6.04 Å². The number of nitrogens with one attached hydrogen (secondary N) is 2. The summed E-state index contributed by atoms with van der Waals surface area (Å²) >= 11 is 2.96. The molecule has 1 atom stereocenters. The van der Waals surface area contributed by atoms with Crippen LogP contribution in [0.2, 0.25) is 0 Å². The van der Waals surface area contributed by atoms with Gasteiger partial charge in [0.05, 0.1) is 5.69 Å². The second-order valence-electron chi connectivity index (χ2n) is 7.77. The minimum atomic E-state index is -0.685. The molecule has 2 aromatic carbocycles. The van der Waals surface area contributed by atoms with Crippen molar-refractivity contribution >= 4 is 45.7 Å². The summed E-state index contributed by atoms with van der Waals surface area (Å²) in [6, 6.07) is 17.9. The van der Waals surface area contributed by atoms with Crippen molar-refractivity contribution in [2.75, 3.05) is 23.1 Å². The fraction of sp³-hybridized carbons (Fsp3) is 0.154. The highest BCUT2D eigenvalue weighted by molar-refractivity contribution is 7.98. The lowest BCUT2D eigenvalue weighted by Gasteiger charge is -2.17. The van der Waals surface area contributed by atoms with Gasteiger partial charge in [0.25, 0.3) is 5.91 Å². The van der Waals surface area contributed by atoms with Crippen molar-refractivity contribution < 1.29 is 9.59 Å². The van der Waals surface area contributed by atoms with Gasteiger partial charge in [-0.25, -0.2) is 4.98 Å². The lowest BCUT2D eigenvalue weighted by Crippen LogP contribution is -2.44. The molecular weight excluding hydrogens is 478 g/mol. The van der Waals surface area contributed by atoms with Crippen LogP contribution in [0.25, 0.3) is 22.4 Å². The van der Waals surface area contributed by atoms with Crippen LogP contribution in [0.15, 0.2) is 78.4 Å². The Labute approximate surface area is 212 Å². The molecule has 7 nitrogen and oxygen atoms in total. The van der Waals surface area contributed by atoms with Crippen LogP contribution in [0.3, 0.4) is 0 Å². The normalized spacial score (nSPS) is 11.6. The number of nitrogen functional groups attached to an aromatic ring is 1. The molecule has 9 heteroatoms. The summed E-state index contributed by atoms with van der Waals surface area (Å²) in [6.07, 6.45) is 5.99. The van der Waals surface area contributed by atoms with Crippen molar-refractivity contribution in [2.45, 2.75) is 12.5 Å². The molecule has 2 heterocycles. The lowest BCUT2D eigenvalue weighted by atomic mass is 10.0. The van der Waals surface area contributed by atoms with Crippen molar-refractivity contribution in [1.29, 1.82) is 0 Å². The Morgan fingerprint density at radius 2 is 1.77 bits per heavy atom. The van der Waals surface area contributed by atoms with Crippen molar-refractivity contribution in [3.63, 3.8) is 0 Å². The van der Waals surface area contributed by atoms with E-state index in [-0.39, 0.29) is 11.8 Å². The average Bonchev–Trinajstić information content (AvgIpc) is 3.36. The number of aromatic nitrogens is 2. The Morgan fingerprint density at radius 3 is 2.51 bits per heavy atom. The maximum absolute atomic E-state index is 13.0. The van der Waals surface area contributed by atoms with Crippen LogP contribution in [0.5, 0.6) is 0 Å². The number of anilines is 2. The van der Waals surface area contributed by atoms with Crippen molar-refractivity contribution in [3.05, 3.63) is 84.0 Å². The molecule has 0 bridgehead atoms. The van der Waals surface area contributed by atoms with Crippen molar-refractivity contribution in [3.8, 4) is 22.4 Å². The predicted octanol–water partition coefficient (Wildman–Crippen LogP) is 4.94. The second kappa shape index (κ2) is 11.6. The van der Waals surface area contributed by atoms with Crippen LogP contribution in [0, 0.1) is 0 Å². The maximum Gasteiger partial charge on any atom is 0.251 e. The van der Waals surface area contributed by atoms with Crippen molar-refractivity contribution in [2.24, 2.45) is 0 Å². The van der Waals surface area contributed by atoms with Gasteiger partial charge in [0.15, 0.2) is 5.13 Å². The zero-order chi connectivity index (χ0) is 24.6. The highest BCUT2D eigenvalue weighted by Crippen LogP contribution is 2.29. The van der Waals surface area contributed by atoms with Gasteiger partial charge >= 0.3 is 0 Å². The summed E-state index contributed by atoms with van der Waals surface area (Å²) < 4.78 is 0. The quantitative estimate of drug-likeness (QED) is 0.279. The molecule has 0 aliphatic heterocycles. The van der Waals surface area contributed by atoms with Gasteiger partial charge in [0, 0.05) is 34.6 Å². The highest BCUT2D eigenvalue weighted by atomic mass is 32.2. The molecule has 0 fully saturated rings. The standard InChI is InChI=1S/C26H25N5O2S2/c1-34-14-11-22(29-24(32)18-5-7-21(27)8-6-18)25(33)31-26-30-23(16-35-26)20-4-2-3-19(15-20)17-9-12-28-13-10-17/h2-10,12-13,15-16,22H,11,14,27H2,1H3,(H,29,32)(H,30,31,33)/t22-/m1/s1. The molecule has 35 heavy (non-hydrogen) atoms. The number of amides is 2. The number of rotatable bonds is 9. The summed E-state index contributed by atoms with van der Waals surface area (Å²) in [7, 11) is 0. The first kappa shape index (κ1) is 24.4. The van der Waals surface area contributed by atoms with Gasteiger partial charge in [-0.15, -0.1) is 11.3 Å². The number of thiazole rings is 1. The fourth-order valence-electron chi connectivity index (χ4n) is 3.44. The summed E-state index contributed by atoms with van der Waals surface area (Å²) in [4.78, 5) is 34.4. The predicted molar refractivity (Wildman–Crippen MR) is 145 cm³/mol. The monoisotopic (exact) mass is 503 g/mol. The molecule has 0 aliphatic rings. The molecule has 4 N–H and O–H groups in total. The number of nitrogens with two attached hydrogens (primary N) is 1. The zero-order valence-corrected chi connectivity index (χ0v) is 20.7.